The first-order chi connectivity index (χ1) is 11.0. The number of amides is 1. The lowest BCUT2D eigenvalue weighted by Crippen LogP contribution is -2.18. The number of carbonyl (C=O) groups is 1. The summed E-state index contributed by atoms with van der Waals surface area (Å²) in [5.41, 5.74) is 4.24. The molecular formula is C19H22N2O2. The van der Waals surface area contributed by atoms with E-state index in [4.69, 9.17) is 0 Å². The zero-order chi connectivity index (χ0) is 16.4. The summed E-state index contributed by atoms with van der Waals surface area (Å²) < 4.78 is 0. The summed E-state index contributed by atoms with van der Waals surface area (Å²) in [5.74, 6) is -0.289. The summed E-state index contributed by atoms with van der Waals surface area (Å²) in [4.78, 5) is 14.8. The van der Waals surface area contributed by atoms with Crippen molar-refractivity contribution in [2.45, 2.75) is 26.7 Å². The highest BCUT2D eigenvalue weighted by molar-refractivity contribution is 6.06. The number of benzene rings is 2. The summed E-state index contributed by atoms with van der Waals surface area (Å²) in [7, 11) is 0. The minimum Gasteiger partial charge on any atom is -0.507 e. The largest absolute Gasteiger partial charge is 0.507 e. The van der Waals surface area contributed by atoms with Gasteiger partial charge in [-0.2, -0.15) is 0 Å². The Bertz CT molecular complexity index is 734. The Labute approximate surface area is 136 Å². The lowest BCUT2D eigenvalue weighted by atomic mass is 10.1. The van der Waals surface area contributed by atoms with E-state index < -0.39 is 0 Å². The summed E-state index contributed by atoms with van der Waals surface area (Å²) in [6, 6.07) is 11.1. The Morgan fingerprint density at radius 1 is 1.09 bits per heavy atom. The van der Waals surface area contributed by atoms with E-state index >= 15 is 0 Å². The molecule has 1 heterocycles. The van der Waals surface area contributed by atoms with Crippen LogP contribution in [-0.2, 0) is 0 Å². The number of nitrogens with zero attached hydrogens (tertiary/aromatic N) is 1. The quantitative estimate of drug-likeness (QED) is 0.905. The predicted octanol–water partition coefficient (Wildman–Crippen LogP) is 3.86. The molecule has 0 atom stereocenters. The average Bonchev–Trinajstić information content (AvgIpc) is 3.06. The second-order valence-electron chi connectivity index (χ2n) is 6.17. The molecule has 0 radical (unpaired) electrons. The second kappa shape index (κ2) is 6.32. The van der Waals surface area contributed by atoms with Crippen LogP contribution in [0.2, 0.25) is 0 Å². The Balaban J connectivity index is 1.79. The summed E-state index contributed by atoms with van der Waals surface area (Å²) in [6.07, 6.45) is 2.48. The fraction of sp³-hybridized carbons (Fsp3) is 0.316. The number of phenolic OH excluding ortho intramolecular Hbond substituents is 1. The van der Waals surface area contributed by atoms with Crippen molar-refractivity contribution >= 4 is 17.3 Å². The van der Waals surface area contributed by atoms with Crippen LogP contribution in [0.4, 0.5) is 11.4 Å². The Kier molecular flexibility index (Phi) is 4.24. The average molecular weight is 310 g/mol. The number of nitrogens with one attached hydrogen (secondary N) is 1. The third kappa shape index (κ3) is 3.31. The number of anilines is 2. The third-order valence-corrected chi connectivity index (χ3v) is 4.33. The van der Waals surface area contributed by atoms with Crippen LogP contribution in [0.1, 0.15) is 34.3 Å². The molecule has 0 aliphatic carbocycles. The smallest absolute Gasteiger partial charge is 0.259 e. The van der Waals surface area contributed by atoms with E-state index in [0.29, 0.717) is 5.56 Å². The molecule has 1 amide bonds. The first-order valence-corrected chi connectivity index (χ1v) is 8.01. The molecule has 0 bridgehead atoms. The van der Waals surface area contributed by atoms with Gasteiger partial charge in [0.2, 0.25) is 0 Å². The second-order valence-corrected chi connectivity index (χ2v) is 6.17. The van der Waals surface area contributed by atoms with Gasteiger partial charge in [-0.05, 0) is 62.6 Å². The number of carbonyl (C=O) groups excluding carboxylic acids is 1. The Hall–Kier alpha value is -2.49. The van der Waals surface area contributed by atoms with Crippen molar-refractivity contribution in [3.05, 3.63) is 53.1 Å². The van der Waals surface area contributed by atoms with E-state index in [9.17, 15) is 9.90 Å². The van der Waals surface area contributed by atoms with Gasteiger partial charge in [0.15, 0.2) is 0 Å². The predicted molar refractivity (Wildman–Crippen MR) is 93.4 cm³/mol. The zero-order valence-corrected chi connectivity index (χ0v) is 13.6. The van der Waals surface area contributed by atoms with Crippen LogP contribution in [0.25, 0.3) is 0 Å². The highest BCUT2D eigenvalue weighted by Crippen LogP contribution is 2.26. The van der Waals surface area contributed by atoms with Crippen LogP contribution in [0.3, 0.4) is 0 Å². The molecule has 1 saturated heterocycles. The number of phenols is 1. The fourth-order valence-corrected chi connectivity index (χ4v) is 2.98. The molecule has 120 valence electrons. The maximum absolute atomic E-state index is 12.4. The molecular weight excluding hydrogens is 288 g/mol. The van der Waals surface area contributed by atoms with Gasteiger partial charge in [-0.1, -0.05) is 11.6 Å². The maximum Gasteiger partial charge on any atom is 0.259 e. The number of hydrogen-bond donors (Lipinski definition) is 2. The molecule has 0 unspecified atom stereocenters. The molecule has 0 saturated carbocycles. The number of hydrogen-bond acceptors (Lipinski definition) is 3. The van der Waals surface area contributed by atoms with Crippen molar-refractivity contribution in [2.75, 3.05) is 23.3 Å². The SMILES string of the molecule is Cc1ccc(O)c(C(=O)Nc2ccc(N3CCCC3)cc2C)c1. The zero-order valence-electron chi connectivity index (χ0n) is 13.6. The summed E-state index contributed by atoms with van der Waals surface area (Å²) in [6.45, 7) is 6.09. The van der Waals surface area contributed by atoms with Crippen LogP contribution in [0.5, 0.6) is 5.75 Å². The first kappa shape index (κ1) is 15.4. The molecule has 4 nitrogen and oxygen atoms in total. The van der Waals surface area contributed by atoms with Crippen LogP contribution in [0, 0.1) is 13.8 Å². The van der Waals surface area contributed by atoms with Crippen LogP contribution >= 0.6 is 0 Å². The lowest BCUT2D eigenvalue weighted by Gasteiger charge is -2.19. The molecule has 23 heavy (non-hydrogen) atoms. The van der Waals surface area contributed by atoms with Crippen LogP contribution in [0.15, 0.2) is 36.4 Å². The first-order valence-electron chi connectivity index (χ1n) is 8.01. The Morgan fingerprint density at radius 3 is 2.52 bits per heavy atom. The number of aromatic hydroxyl groups is 1. The van der Waals surface area contributed by atoms with Crippen LogP contribution in [-0.4, -0.2) is 24.1 Å². The van der Waals surface area contributed by atoms with Gasteiger partial charge in [0.25, 0.3) is 5.91 Å². The van der Waals surface area contributed by atoms with E-state index in [1.807, 2.05) is 26.0 Å². The van der Waals surface area contributed by atoms with Gasteiger partial charge < -0.3 is 15.3 Å². The monoisotopic (exact) mass is 310 g/mol. The highest BCUT2D eigenvalue weighted by atomic mass is 16.3. The van der Waals surface area contributed by atoms with Gasteiger partial charge in [-0.15, -0.1) is 0 Å². The van der Waals surface area contributed by atoms with E-state index in [1.54, 1.807) is 18.2 Å². The van der Waals surface area contributed by atoms with E-state index in [-0.39, 0.29) is 11.7 Å². The minimum absolute atomic E-state index is 0.000519. The van der Waals surface area contributed by atoms with Crippen molar-refractivity contribution < 1.29 is 9.90 Å². The number of rotatable bonds is 3. The summed E-state index contributed by atoms with van der Waals surface area (Å²) >= 11 is 0. The van der Waals surface area contributed by atoms with E-state index in [1.165, 1.54) is 18.5 Å². The highest BCUT2D eigenvalue weighted by Gasteiger charge is 2.15. The topological polar surface area (TPSA) is 52.6 Å². The molecule has 2 N–H and O–H groups in total. The van der Waals surface area contributed by atoms with Crippen molar-refractivity contribution in [3.63, 3.8) is 0 Å². The van der Waals surface area contributed by atoms with E-state index in [2.05, 4.69) is 16.3 Å². The molecule has 2 aromatic rings. The molecule has 3 rings (SSSR count). The molecule has 0 aromatic heterocycles. The van der Waals surface area contributed by atoms with Gasteiger partial charge in [-0.25, -0.2) is 0 Å². The van der Waals surface area contributed by atoms with Crippen molar-refractivity contribution in [1.82, 2.24) is 0 Å². The van der Waals surface area contributed by atoms with Crippen molar-refractivity contribution in [1.29, 1.82) is 0 Å². The molecule has 0 spiro atoms. The van der Waals surface area contributed by atoms with Gasteiger partial charge in [0.1, 0.15) is 5.75 Å². The lowest BCUT2D eigenvalue weighted by molar-refractivity contribution is 0.102. The standard InChI is InChI=1S/C19H22N2O2/c1-13-5-8-18(22)16(11-13)19(23)20-17-7-6-15(12-14(17)2)21-9-3-4-10-21/h5-8,11-12,22H,3-4,9-10H2,1-2H3,(H,20,23). The van der Waals surface area contributed by atoms with Crippen LogP contribution < -0.4 is 10.2 Å². The summed E-state index contributed by atoms with van der Waals surface area (Å²) in [5, 5.41) is 12.8. The molecule has 2 aromatic carbocycles. The molecule has 4 heteroatoms. The molecule has 1 fully saturated rings. The normalized spacial score (nSPS) is 14.1. The van der Waals surface area contributed by atoms with Gasteiger partial charge in [0.05, 0.1) is 5.56 Å². The molecule has 1 aliphatic rings. The van der Waals surface area contributed by atoms with Crippen molar-refractivity contribution in [2.24, 2.45) is 0 Å². The van der Waals surface area contributed by atoms with E-state index in [0.717, 1.165) is 29.9 Å². The third-order valence-electron chi connectivity index (χ3n) is 4.33. The van der Waals surface area contributed by atoms with Gasteiger partial charge in [0, 0.05) is 24.5 Å². The maximum atomic E-state index is 12.4. The van der Waals surface area contributed by atoms with Gasteiger partial charge >= 0.3 is 0 Å². The number of aryl methyl sites for hydroxylation is 2. The van der Waals surface area contributed by atoms with Gasteiger partial charge in [-0.3, -0.25) is 4.79 Å². The minimum atomic E-state index is -0.289. The fourth-order valence-electron chi connectivity index (χ4n) is 2.98. The van der Waals surface area contributed by atoms with Crippen molar-refractivity contribution in [3.8, 4) is 5.75 Å². The Morgan fingerprint density at radius 2 is 1.83 bits per heavy atom. The molecule has 1 aliphatic heterocycles.